The summed E-state index contributed by atoms with van der Waals surface area (Å²) < 4.78 is 66.1. The van der Waals surface area contributed by atoms with Gasteiger partial charge in [-0.25, -0.2) is 22.0 Å². The van der Waals surface area contributed by atoms with Crippen LogP contribution in [0.4, 0.5) is 22.0 Å². The zero-order valence-corrected chi connectivity index (χ0v) is 15.1. The summed E-state index contributed by atoms with van der Waals surface area (Å²) in [6.45, 7) is 2.28. The zero-order chi connectivity index (χ0) is 20.4. The number of halogens is 5. The van der Waals surface area contributed by atoms with Crippen molar-refractivity contribution in [2.24, 2.45) is 0 Å². The molecule has 1 aromatic carbocycles. The van der Waals surface area contributed by atoms with Gasteiger partial charge in [0.1, 0.15) is 5.56 Å². The maximum Gasteiger partial charge on any atom is 0.257 e. The SMILES string of the molecule is CCCCCCCCNC(=O)CCNC(=O)c1c(F)c(F)c(F)c(F)c1F. The molecule has 0 bridgehead atoms. The number of nitrogens with one attached hydrogen (secondary N) is 2. The molecule has 4 nitrogen and oxygen atoms in total. The third-order valence-corrected chi connectivity index (χ3v) is 3.93. The van der Waals surface area contributed by atoms with Gasteiger partial charge in [-0.1, -0.05) is 39.0 Å². The number of carbonyl (C=O) groups is 2. The molecule has 0 unspecified atom stereocenters. The summed E-state index contributed by atoms with van der Waals surface area (Å²) in [5, 5.41) is 4.60. The van der Waals surface area contributed by atoms with Crippen molar-refractivity contribution in [1.82, 2.24) is 10.6 Å². The van der Waals surface area contributed by atoms with Gasteiger partial charge in [-0.15, -0.1) is 0 Å². The summed E-state index contributed by atoms with van der Waals surface area (Å²) in [5.41, 5.74) is -1.57. The molecular weight excluding hydrogens is 371 g/mol. The molecule has 0 saturated carbocycles. The van der Waals surface area contributed by atoms with E-state index in [-0.39, 0.29) is 18.9 Å². The Hall–Kier alpha value is -2.19. The van der Waals surface area contributed by atoms with Crippen molar-refractivity contribution in [3.8, 4) is 0 Å². The lowest BCUT2D eigenvalue weighted by Gasteiger charge is -2.09. The molecule has 0 fully saturated rings. The Balaban J connectivity index is 2.38. The normalized spacial score (nSPS) is 10.7. The first kappa shape index (κ1) is 22.9. The van der Waals surface area contributed by atoms with Crippen molar-refractivity contribution in [2.75, 3.05) is 13.1 Å². The Labute approximate surface area is 154 Å². The zero-order valence-electron chi connectivity index (χ0n) is 15.1. The predicted molar refractivity (Wildman–Crippen MR) is 89.6 cm³/mol. The number of amides is 2. The van der Waals surface area contributed by atoms with Crippen LogP contribution in [0, 0.1) is 29.1 Å². The van der Waals surface area contributed by atoms with E-state index in [1.165, 1.54) is 6.42 Å². The van der Waals surface area contributed by atoms with Crippen LogP contribution in [0.1, 0.15) is 62.2 Å². The molecular formula is C18H23F5N2O2. The molecule has 0 heterocycles. The maximum absolute atomic E-state index is 13.5. The lowest BCUT2D eigenvalue weighted by molar-refractivity contribution is -0.120. The van der Waals surface area contributed by atoms with Gasteiger partial charge >= 0.3 is 0 Å². The lowest BCUT2D eigenvalue weighted by atomic mass is 10.1. The minimum absolute atomic E-state index is 0.184. The Bertz CT molecular complexity index is 639. The van der Waals surface area contributed by atoms with Gasteiger partial charge in [0, 0.05) is 19.5 Å². The van der Waals surface area contributed by atoms with Gasteiger partial charge in [0.2, 0.25) is 11.7 Å². The van der Waals surface area contributed by atoms with Crippen LogP contribution >= 0.6 is 0 Å². The average Bonchev–Trinajstić information content (AvgIpc) is 2.64. The van der Waals surface area contributed by atoms with Crippen molar-refractivity contribution >= 4 is 11.8 Å². The van der Waals surface area contributed by atoms with Crippen LogP contribution < -0.4 is 10.6 Å². The van der Waals surface area contributed by atoms with Crippen LogP contribution in [-0.4, -0.2) is 24.9 Å². The third kappa shape index (κ3) is 6.80. The fourth-order valence-corrected chi connectivity index (χ4v) is 2.40. The van der Waals surface area contributed by atoms with E-state index in [4.69, 9.17) is 0 Å². The fraction of sp³-hybridized carbons (Fsp3) is 0.556. The van der Waals surface area contributed by atoms with Crippen molar-refractivity contribution < 1.29 is 31.5 Å². The van der Waals surface area contributed by atoms with Gasteiger partial charge in [-0.3, -0.25) is 9.59 Å². The van der Waals surface area contributed by atoms with E-state index in [1.807, 2.05) is 5.32 Å². The molecule has 0 aromatic heterocycles. The second kappa shape index (κ2) is 11.5. The molecule has 0 radical (unpaired) electrons. The molecule has 0 aliphatic heterocycles. The van der Waals surface area contributed by atoms with Gasteiger partial charge in [-0.2, -0.15) is 0 Å². The van der Waals surface area contributed by atoms with Gasteiger partial charge in [0.15, 0.2) is 23.3 Å². The minimum atomic E-state index is -2.34. The quantitative estimate of drug-likeness (QED) is 0.258. The smallest absolute Gasteiger partial charge is 0.257 e. The molecule has 0 aliphatic rings. The Morgan fingerprint density at radius 2 is 1.22 bits per heavy atom. The van der Waals surface area contributed by atoms with E-state index in [0.717, 1.165) is 32.1 Å². The molecule has 1 rings (SSSR count). The van der Waals surface area contributed by atoms with E-state index in [1.54, 1.807) is 0 Å². The molecule has 152 valence electrons. The largest absolute Gasteiger partial charge is 0.356 e. The predicted octanol–water partition coefficient (Wildman–Crippen LogP) is 3.98. The first-order valence-electron chi connectivity index (χ1n) is 8.87. The Morgan fingerprint density at radius 1 is 0.704 bits per heavy atom. The van der Waals surface area contributed by atoms with Gasteiger partial charge < -0.3 is 10.6 Å². The van der Waals surface area contributed by atoms with E-state index < -0.39 is 40.6 Å². The lowest BCUT2D eigenvalue weighted by Crippen LogP contribution is -2.32. The molecule has 0 aliphatic carbocycles. The second-order valence-corrected chi connectivity index (χ2v) is 6.07. The first-order chi connectivity index (χ1) is 12.8. The van der Waals surface area contributed by atoms with Gasteiger partial charge in [0.25, 0.3) is 5.91 Å². The highest BCUT2D eigenvalue weighted by Gasteiger charge is 2.29. The van der Waals surface area contributed by atoms with Crippen LogP contribution in [0.15, 0.2) is 0 Å². The van der Waals surface area contributed by atoms with Crippen molar-refractivity contribution in [3.63, 3.8) is 0 Å². The summed E-state index contributed by atoms with van der Waals surface area (Å²) in [6.07, 6.45) is 6.17. The maximum atomic E-state index is 13.5. The number of rotatable bonds is 11. The minimum Gasteiger partial charge on any atom is -0.356 e. The summed E-state index contributed by atoms with van der Waals surface area (Å²) in [4.78, 5) is 23.3. The number of hydrogen-bond acceptors (Lipinski definition) is 2. The molecule has 0 spiro atoms. The van der Waals surface area contributed by atoms with E-state index in [2.05, 4.69) is 12.2 Å². The first-order valence-corrected chi connectivity index (χ1v) is 8.87. The molecule has 9 heteroatoms. The molecule has 27 heavy (non-hydrogen) atoms. The van der Waals surface area contributed by atoms with Crippen molar-refractivity contribution in [3.05, 3.63) is 34.6 Å². The van der Waals surface area contributed by atoms with Crippen molar-refractivity contribution in [1.29, 1.82) is 0 Å². The highest BCUT2D eigenvalue weighted by molar-refractivity contribution is 5.95. The van der Waals surface area contributed by atoms with E-state index >= 15 is 0 Å². The number of carbonyl (C=O) groups excluding carboxylic acids is 2. The molecule has 2 N–H and O–H groups in total. The molecule has 0 atom stereocenters. The van der Waals surface area contributed by atoms with Gasteiger partial charge in [-0.05, 0) is 6.42 Å². The van der Waals surface area contributed by atoms with E-state index in [0.29, 0.717) is 6.54 Å². The topological polar surface area (TPSA) is 58.2 Å². The molecule has 0 saturated heterocycles. The number of hydrogen-bond donors (Lipinski definition) is 2. The highest BCUT2D eigenvalue weighted by atomic mass is 19.2. The number of benzene rings is 1. The summed E-state index contributed by atoms with van der Waals surface area (Å²) in [6, 6.07) is 0. The summed E-state index contributed by atoms with van der Waals surface area (Å²) in [5.74, 6) is -13.0. The standard InChI is InChI=1S/C18H23F5N2O2/c1-2-3-4-5-6-7-9-24-11(26)8-10-25-18(27)12-13(19)15(21)17(23)16(22)14(12)20/h2-10H2,1H3,(H,24,26)(H,25,27). The fourth-order valence-electron chi connectivity index (χ4n) is 2.40. The monoisotopic (exact) mass is 394 g/mol. The molecule has 2 amide bonds. The van der Waals surface area contributed by atoms with Gasteiger partial charge in [0.05, 0.1) is 0 Å². The third-order valence-electron chi connectivity index (χ3n) is 3.93. The van der Waals surface area contributed by atoms with Crippen LogP contribution in [0.3, 0.4) is 0 Å². The summed E-state index contributed by atoms with van der Waals surface area (Å²) in [7, 11) is 0. The van der Waals surface area contributed by atoms with Crippen molar-refractivity contribution in [2.45, 2.75) is 51.9 Å². The van der Waals surface area contributed by atoms with Crippen LogP contribution in [0.25, 0.3) is 0 Å². The van der Waals surface area contributed by atoms with Crippen LogP contribution in [0.2, 0.25) is 0 Å². The summed E-state index contributed by atoms with van der Waals surface area (Å²) >= 11 is 0. The van der Waals surface area contributed by atoms with E-state index in [9.17, 15) is 31.5 Å². The number of unbranched alkanes of at least 4 members (excludes halogenated alkanes) is 5. The molecule has 1 aromatic rings. The van der Waals surface area contributed by atoms with Crippen LogP contribution in [0.5, 0.6) is 0 Å². The second-order valence-electron chi connectivity index (χ2n) is 6.07. The Kier molecular flexibility index (Phi) is 9.74. The highest BCUT2D eigenvalue weighted by Crippen LogP contribution is 2.22. The average molecular weight is 394 g/mol. The van der Waals surface area contributed by atoms with Crippen LogP contribution in [-0.2, 0) is 4.79 Å². The Morgan fingerprint density at radius 3 is 1.81 bits per heavy atom.